The van der Waals surface area contributed by atoms with Gasteiger partial charge in [-0.3, -0.25) is 4.79 Å². The van der Waals surface area contributed by atoms with Gasteiger partial charge < -0.3 is 9.64 Å². The first-order valence-electron chi connectivity index (χ1n) is 5.65. The van der Waals surface area contributed by atoms with E-state index in [0.29, 0.717) is 25.1 Å². The zero-order chi connectivity index (χ0) is 12.8. The molecule has 1 aromatic rings. The Morgan fingerprint density at radius 3 is 2.76 bits per heavy atom. The Balaban J connectivity index is 3.11. The van der Waals surface area contributed by atoms with Gasteiger partial charge in [-0.05, 0) is 26.0 Å². The Morgan fingerprint density at radius 2 is 2.24 bits per heavy atom. The molecule has 1 unspecified atom stereocenters. The third kappa shape index (κ3) is 3.03. The number of rotatable bonds is 6. The van der Waals surface area contributed by atoms with Crippen LogP contribution >= 0.6 is 0 Å². The van der Waals surface area contributed by atoms with Crippen LogP contribution in [0.2, 0.25) is 0 Å². The molecule has 0 N–H and O–H groups in total. The van der Waals surface area contributed by atoms with Gasteiger partial charge in [-0.25, -0.2) is 4.39 Å². The Morgan fingerprint density at radius 1 is 1.53 bits per heavy atom. The molecule has 1 rings (SSSR count). The Hall–Kier alpha value is -1.42. The van der Waals surface area contributed by atoms with E-state index in [2.05, 4.69) is 0 Å². The van der Waals surface area contributed by atoms with Gasteiger partial charge in [-0.2, -0.15) is 0 Å². The number of benzene rings is 1. The van der Waals surface area contributed by atoms with Gasteiger partial charge in [0, 0.05) is 19.7 Å². The average Bonchev–Trinajstić information content (AvgIpc) is 2.30. The predicted molar refractivity (Wildman–Crippen MR) is 66.1 cm³/mol. The summed E-state index contributed by atoms with van der Waals surface area (Å²) in [5.74, 6) is -0.486. The highest BCUT2D eigenvalue weighted by Crippen LogP contribution is 2.23. The van der Waals surface area contributed by atoms with Crippen LogP contribution in [0.3, 0.4) is 0 Å². The van der Waals surface area contributed by atoms with Gasteiger partial charge in [0.25, 0.3) is 0 Å². The lowest BCUT2D eigenvalue weighted by Gasteiger charge is -2.30. The fourth-order valence-corrected chi connectivity index (χ4v) is 1.94. The van der Waals surface area contributed by atoms with Crippen LogP contribution < -0.4 is 4.90 Å². The molecule has 0 heterocycles. The first-order chi connectivity index (χ1) is 8.15. The van der Waals surface area contributed by atoms with Crippen LogP contribution in [0, 0.1) is 5.82 Å². The summed E-state index contributed by atoms with van der Waals surface area (Å²) in [5.41, 5.74) is 0.726. The minimum Gasteiger partial charge on any atom is -0.383 e. The maximum Gasteiger partial charge on any atom is 0.155 e. The van der Waals surface area contributed by atoms with E-state index < -0.39 is 5.82 Å². The molecule has 4 heteroatoms. The second-order valence-electron chi connectivity index (χ2n) is 3.88. The molecule has 0 aliphatic carbocycles. The topological polar surface area (TPSA) is 29.5 Å². The number of likely N-dealkylation sites (N-methyl/N-ethyl adjacent to an activating group) is 1. The minimum absolute atomic E-state index is 0.0884. The summed E-state index contributed by atoms with van der Waals surface area (Å²) < 4.78 is 18.6. The van der Waals surface area contributed by atoms with E-state index in [1.807, 2.05) is 18.7 Å². The number of carbonyl (C=O) groups is 1. The van der Waals surface area contributed by atoms with Crippen molar-refractivity contribution in [1.82, 2.24) is 0 Å². The molecular formula is C13H18FNO2. The molecule has 1 aromatic carbocycles. The van der Waals surface area contributed by atoms with Crippen molar-refractivity contribution in [2.75, 3.05) is 25.2 Å². The van der Waals surface area contributed by atoms with Gasteiger partial charge in [-0.15, -0.1) is 0 Å². The molecule has 0 bridgehead atoms. The molecule has 94 valence electrons. The summed E-state index contributed by atoms with van der Waals surface area (Å²) in [4.78, 5) is 12.9. The van der Waals surface area contributed by atoms with Crippen LogP contribution in [-0.4, -0.2) is 32.6 Å². The van der Waals surface area contributed by atoms with Crippen molar-refractivity contribution in [3.63, 3.8) is 0 Å². The zero-order valence-corrected chi connectivity index (χ0v) is 10.4. The molecule has 0 aliphatic rings. The molecule has 0 saturated heterocycles. The SMILES string of the molecule is CCN(c1cccc(F)c1C=O)C(C)COC. The number of carbonyl (C=O) groups excluding carboxylic acids is 1. The lowest BCUT2D eigenvalue weighted by molar-refractivity contribution is 0.112. The number of hydrogen-bond acceptors (Lipinski definition) is 3. The van der Waals surface area contributed by atoms with Gasteiger partial charge in [0.2, 0.25) is 0 Å². The molecule has 0 aliphatic heterocycles. The molecule has 0 spiro atoms. The number of ether oxygens (including phenoxy) is 1. The minimum atomic E-state index is -0.486. The van der Waals surface area contributed by atoms with E-state index in [-0.39, 0.29) is 11.6 Å². The fraction of sp³-hybridized carbons (Fsp3) is 0.462. The molecule has 0 aromatic heterocycles. The van der Waals surface area contributed by atoms with Gasteiger partial charge in [0.05, 0.1) is 17.9 Å². The van der Waals surface area contributed by atoms with Crippen LogP contribution in [0.15, 0.2) is 18.2 Å². The molecule has 0 radical (unpaired) electrons. The molecule has 0 fully saturated rings. The second-order valence-corrected chi connectivity index (χ2v) is 3.88. The second kappa shape index (κ2) is 6.35. The third-order valence-corrected chi connectivity index (χ3v) is 2.74. The van der Waals surface area contributed by atoms with E-state index in [1.165, 1.54) is 6.07 Å². The number of hydrogen-bond donors (Lipinski definition) is 0. The largest absolute Gasteiger partial charge is 0.383 e. The van der Waals surface area contributed by atoms with Crippen molar-refractivity contribution in [2.45, 2.75) is 19.9 Å². The number of methoxy groups -OCH3 is 1. The normalized spacial score (nSPS) is 12.2. The first-order valence-corrected chi connectivity index (χ1v) is 5.65. The Bertz CT molecular complexity index is 382. The van der Waals surface area contributed by atoms with Crippen molar-refractivity contribution in [2.24, 2.45) is 0 Å². The zero-order valence-electron chi connectivity index (χ0n) is 10.4. The van der Waals surface area contributed by atoms with Crippen molar-refractivity contribution in [1.29, 1.82) is 0 Å². The summed E-state index contributed by atoms with van der Waals surface area (Å²) >= 11 is 0. The van der Waals surface area contributed by atoms with E-state index in [0.717, 1.165) is 0 Å². The summed E-state index contributed by atoms with van der Waals surface area (Å²) in [7, 11) is 1.62. The van der Waals surface area contributed by atoms with E-state index in [4.69, 9.17) is 4.74 Å². The lowest BCUT2D eigenvalue weighted by atomic mass is 10.1. The highest BCUT2D eigenvalue weighted by atomic mass is 19.1. The van der Waals surface area contributed by atoms with Gasteiger partial charge in [0.15, 0.2) is 6.29 Å². The summed E-state index contributed by atoms with van der Waals surface area (Å²) in [5, 5.41) is 0. The van der Waals surface area contributed by atoms with Gasteiger partial charge in [0.1, 0.15) is 5.82 Å². The quantitative estimate of drug-likeness (QED) is 0.714. The highest BCUT2D eigenvalue weighted by molar-refractivity contribution is 5.85. The van der Waals surface area contributed by atoms with E-state index in [9.17, 15) is 9.18 Å². The van der Waals surface area contributed by atoms with Crippen LogP contribution in [-0.2, 0) is 4.74 Å². The summed E-state index contributed by atoms with van der Waals surface area (Å²) in [6.07, 6.45) is 0.562. The number of nitrogens with zero attached hydrogens (tertiary/aromatic N) is 1. The standard InChI is InChI=1S/C13H18FNO2/c1-4-15(10(2)9-17-3)13-7-5-6-12(14)11(13)8-16/h5-8,10H,4,9H2,1-3H3. The lowest BCUT2D eigenvalue weighted by Crippen LogP contribution is -2.36. The van der Waals surface area contributed by atoms with Crippen molar-refractivity contribution in [3.8, 4) is 0 Å². The van der Waals surface area contributed by atoms with Crippen molar-refractivity contribution < 1.29 is 13.9 Å². The number of anilines is 1. The van der Waals surface area contributed by atoms with E-state index >= 15 is 0 Å². The Labute approximate surface area is 101 Å². The maximum atomic E-state index is 13.5. The predicted octanol–water partition coefficient (Wildman–Crippen LogP) is 2.50. The summed E-state index contributed by atoms with van der Waals surface area (Å²) in [6.45, 7) is 5.16. The fourth-order valence-electron chi connectivity index (χ4n) is 1.94. The van der Waals surface area contributed by atoms with Gasteiger partial charge in [-0.1, -0.05) is 6.07 Å². The molecule has 0 amide bonds. The Kier molecular flexibility index (Phi) is 5.10. The van der Waals surface area contributed by atoms with Crippen LogP contribution in [0.5, 0.6) is 0 Å². The van der Waals surface area contributed by atoms with Crippen molar-refractivity contribution in [3.05, 3.63) is 29.6 Å². The van der Waals surface area contributed by atoms with Crippen LogP contribution in [0.25, 0.3) is 0 Å². The third-order valence-electron chi connectivity index (χ3n) is 2.74. The number of halogens is 1. The molecule has 1 atom stereocenters. The first kappa shape index (κ1) is 13.6. The molecule has 17 heavy (non-hydrogen) atoms. The van der Waals surface area contributed by atoms with Crippen molar-refractivity contribution >= 4 is 12.0 Å². The smallest absolute Gasteiger partial charge is 0.155 e. The van der Waals surface area contributed by atoms with Gasteiger partial charge >= 0.3 is 0 Å². The molecular weight excluding hydrogens is 221 g/mol. The number of aldehydes is 1. The summed E-state index contributed by atoms with van der Waals surface area (Å²) in [6, 6.07) is 4.75. The molecule has 0 saturated carbocycles. The highest BCUT2D eigenvalue weighted by Gasteiger charge is 2.17. The van der Waals surface area contributed by atoms with Crippen LogP contribution in [0.1, 0.15) is 24.2 Å². The van der Waals surface area contributed by atoms with E-state index in [1.54, 1.807) is 19.2 Å². The molecule has 3 nitrogen and oxygen atoms in total. The monoisotopic (exact) mass is 239 g/mol. The average molecular weight is 239 g/mol. The van der Waals surface area contributed by atoms with Crippen LogP contribution in [0.4, 0.5) is 10.1 Å². The maximum absolute atomic E-state index is 13.5.